The Bertz CT molecular complexity index is 727. The number of ether oxygens (including phenoxy) is 1. The van der Waals surface area contributed by atoms with Crippen molar-refractivity contribution in [2.45, 2.75) is 57.3 Å². The third kappa shape index (κ3) is 5.88. The summed E-state index contributed by atoms with van der Waals surface area (Å²) < 4.78 is 43.9. The van der Waals surface area contributed by atoms with E-state index in [2.05, 4.69) is 11.8 Å². The zero-order chi connectivity index (χ0) is 21.0. The highest BCUT2D eigenvalue weighted by Gasteiger charge is 2.47. The van der Waals surface area contributed by atoms with Gasteiger partial charge < -0.3 is 14.5 Å². The van der Waals surface area contributed by atoms with E-state index in [-0.39, 0.29) is 30.9 Å². The zero-order valence-corrected chi connectivity index (χ0v) is 17.8. The third-order valence-corrected chi connectivity index (χ3v) is 5.75. The molecule has 2 heterocycles. The van der Waals surface area contributed by atoms with Crippen molar-refractivity contribution >= 4 is 24.1 Å². The highest BCUT2D eigenvalue weighted by Crippen LogP contribution is 2.28. The normalized spacial score (nSPS) is 22.1. The van der Waals surface area contributed by atoms with Gasteiger partial charge in [-0.3, -0.25) is 9.59 Å². The molecule has 5 nitrogen and oxygen atoms in total. The van der Waals surface area contributed by atoms with Crippen LogP contribution in [0.15, 0.2) is 24.3 Å². The zero-order valence-electron chi connectivity index (χ0n) is 17.0. The molecule has 2 unspecified atom stereocenters. The summed E-state index contributed by atoms with van der Waals surface area (Å²) >= 11 is 0. The van der Waals surface area contributed by atoms with E-state index in [9.17, 15) is 22.8 Å². The maximum Gasteiger partial charge on any atom is 0.471 e. The molecule has 2 atom stereocenters. The smallest absolute Gasteiger partial charge is 0.471 e. The lowest BCUT2D eigenvalue weighted by atomic mass is 10.0. The lowest BCUT2D eigenvalue weighted by Gasteiger charge is -2.24. The van der Waals surface area contributed by atoms with Gasteiger partial charge in [0.25, 0.3) is 0 Å². The van der Waals surface area contributed by atoms with Gasteiger partial charge in [-0.15, -0.1) is 12.4 Å². The van der Waals surface area contributed by atoms with Gasteiger partial charge >= 0.3 is 12.1 Å². The van der Waals surface area contributed by atoms with E-state index < -0.39 is 23.9 Å². The lowest BCUT2D eigenvalue weighted by molar-refractivity contribution is -0.185. The summed E-state index contributed by atoms with van der Waals surface area (Å²) in [5.74, 6) is -1.79. The van der Waals surface area contributed by atoms with E-state index in [4.69, 9.17) is 4.74 Å². The predicted octanol–water partition coefficient (Wildman–Crippen LogP) is 4.10. The molecule has 0 N–H and O–H groups in total. The van der Waals surface area contributed by atoms with Crippen molar-refractivity contribution in [2.24, 2.45) is 0 Å². The lowest BCUT2D eigenvalue weighted by Crippen LogP contribution is -2.46. The van der Waals surface area contributed by atoms with Crippen LogP contribution in [0.4, 0.5) is 13.2 Å². The number of hydrogen-bond acceptors (Lipinski definition) is 4. The van der Waals surface area contributed by atoms with Crippen LogP contribution in [0.2, 0.25) is 0 Å². The number of ketones is 1. The molecule has 1 aromatic rings. The molecule has 0 saturated carbocycles. The van der Waals surface area contributed by atoms with Gasteiger partial charge in [0, 0.05) is 24.7 Å². The molecule has 0 bridgehead atoms. The topological polar surface area (TPSA) is 49.9 Å². The van der Waals surface area contributed by atoms with Gasteiger partial charge in [-0.1, -0.05) is 0 Å². The van der Waals surface area contributed by atoms with Gasteiger partial charge in [0.1, 0.15) is 5.75 Å². The second-order valence-corrected chi connectivity index (χ2v) is 7.77. The van der Waals surface area contributed by atoms with Crippen LogP contribution in [0.1, 0.15) is 49.4 Å². The van der Waals surface area contributed by atoms with E-state index in [1.165, 1.54) is 12.8 Å². The Kier molecular flexibility index (Phi) is 8.55. The number of rotatable bonds is 7. The molecule has 9 heteroatoms. The van der Waals surface area contributed by atoms with E-state index in [0.717, 1.165) is 19.5 Å². The second kappa shape index (κ2) is 10.5. The first-order chi connectivity index (χ1) is 13.8. The molecule has 0 aliphatic carbocycles. The number of hydrogen-bond donors (Lipinski definition) is 0. The summed E-state index contributed by atoms with van der Waals surface area (Å²) in [5.41, 5.74) is 0.287. The van der Waals surface area contributed by atoms with Crippen LogP contribution in [0.25, 0.3) is 0 Å². The average Bonchev–Trinajstić information content (AvgIpc) is 3.33. The fraction of sp³-hybridized carbons (Fsp3) is 0.619. The monoisotopic (exact) mass is 448 g/mol. The van der Waals surface area contributed by atoms with Crippen LogP contribution in [-0.4, -0.2) is 66.0 Å². The molecule has 2 aliphatic rings. The van der Waals surface area contributed by atoms with Crippen LogP contribution < -0.4 is 4.74 Å². The Morgan fingerprint density at radius 3 is 2.37 bits per heavy atom. The molecule has 2 saturated heterocycles. The van der Waals surface area contributed by atoms with Gasteiger partial charge in [-0.25, -0.2) is 0 Å². The molecular weight excluding hydrogens is 421 g/mol. The Balaban J connectivity index is 0.00000320. The summed E-state index contributed by atoms with van der Waals surface area (Å²) in [6, 6.07) is 5.97. The van der Waals surface area contributed by atoms with E-state index >= 15 is 0 Å². The van der Waals surface area contributed by atoms with Gasteiger partial charge in [-0.2, -0.15) is 13.2 Å². The van der Waals surface area contributed by atoms with Gasteiger partial charge in [0.15, 0.2) is 5.78 Å². The number of nitrogens with zero attached hydrogens (tertiary/aromatic N) is 2. The van der Waals surface area contributed by atoms with Crippen molar-refractivity contribution in [1.82, 2.24) is 9.80 Å². The molecule has 0 aromatic heterocycles. The number of likely N-dealkylation sites (tertiary alicyclic amines) is 2. The van der Waals surface area contributed by atoms with Crippen LogP contribution >= 0.6 is 12.4 Å². The first kappa shape index (κ1) is 24.5. The highest BCUT2D eigenvalue weighted by molar-refractivity contribution is 6.02. The van der Waals surface area contributed by atoms with Gasteiger partial charge in [0.2, 0.25) is 0 Å². The van der Waals surface area contributed by atoms with Crippen LogP contribution in [0.5, 0.6) is 5.75 Å². The number of amides is 1. The van der Waals surface area contributed by atoms with Crippen molar-refractivity contribution in [3.8, 4) is 5.75 Å². The van der Waals surface area contributed by atoms with Crippen LogP contribution in [0, 0.1) is 0 Å². The Morgan fingerprint density at radius 1 is 1.10 bits per heavy atom. The standard InChI is InChI=1S/C21H27F3N2O3.ClH/c1-15-5-2-11-25(15)12-4-14-29-17-9-7-16(8-10-17)19(27)18-6-3-13-26(18)20(28)21(22,23)24;/h7-10,15,18H,2-6,11-14H2,1H3;1H. The summed E-state index contributed by atoms with van der Waals surface area (Å²) in [4.78, 5) is 27.3. The molecule has 3 rings (SSSR count). The second-order valence-electron chi connectivity index (χ2n) is 7.77. The number of halogens is 4. The number of alkyl halides is 3. The average molecular weight is 449 g/mol. The van der Waals surface area contributed by atoms with Crippen molar-refractivity contribution in [2.75, 3.05) is 26.2 Å². The van der Waals surface area contributed by atoms with E-state index in [1.807, 2.05) is 0 Å². The third-order valence-electron chi connectivity index (χ3n) is 5.75. The SMILES string of the molecule is CC1CCCN1CCCOc1ccc(C(=O)C2CCCN2C(=O)C(F)(F)F)cc1.Cl. The molecule has 0 radical (unpaired) electrons. The van der Waals surface area contributed by atoms with Crippen LogP contribution in [0.3, 0.4) is 0 Å². The van der Waals surface area contributed by atoms with E-state index in [0.29, 0.717) is 29.7 Å². The van der Waals surface area contributed by atoms with Crippen LogP contribution in [-0.2, 0) is 4.79 Å². The highest BCUT2D eigenvalue weighted by atomic mass is 35.5. The number of carbonyl (C=O) groups excluding carboxylic acids is 2. The summed E-state index contributed by atoms with van der Waals surface area (Å²) in [7, 11) is 0. The Morgan fingerprint density at radius 2 is 1.77 bits per heavy atom. The predicted molar refractivity (Wildman–Crippen MR) is 109 cm³/mol. The van der Waals surface area contributed by atoms with Crippen molar-refractivity contribution in [1.29, 1.82) is 0 Å². The molecular formula is C21H28ClF3N2O3. The quantitative estimate of drug-likeness (QED) is 0.465. The van der Waals surface area contributed by atoms with Crippen molar-refractivity contribution < 1.29 is 27.5 Å². The molecule has 30 heavy (non-hydrogen) atoms. The summed E-state index contributed by atoms with van der Waals surface area (Å²) in [6.45, 7) is 4.87. The van der Waals surface area contributed by atoms with E-state index in [1.54, 1.807) is 24.3 Å². The van der Waals surface area contributed by atoms with Gasteiger partial charge in [0.05, 0.1) is 12.6 Å². The fourth-order valence-electron chi connectivity index (χ4n) is 4.14. The molecule has 1 aromatic carbocycles. The molecule has 2 aliphatic heterocycles. The maximum absolute atomic E-state index is 12.7. The molecule has 2 fully saturated rings. The Labute approximate surface area is 180 Å². The minimum absolute atomic E-state index is 0. The molecule has 1 amide bonds. The number of carbonyl (C=O) groups is 2. The number of benzene rings is 1. The minimum atomic E-state index is -4.96. The van der Waals surface area contributed by atoms with Gasteiger partial charge in [-0.05, 0) is 69.8 Å². The fourth-order valence-corrected chi connectivity index (χ4v) is 4.14. The summed E-state index contributed by atoms with van der Waals surface area (Å²) in [6.07, 6.45) is -0.953. The Hall–Kier alpha value is -1.80. The van der Waals surface area contributed by atoms with Crippen molar-refractivity contribution in [3.63, 3.8) is 0 Å². The first-order valence-electron chi connectivity index (χ1n) is 10.2. The minimum Gasteiger partial charge on any atom is -0.494 e. The van der Waals surface area contributed by atoms with Crippen molar-refractivity contribution in [3.05, 3.63) is 29.8 Å². The molecule has 0 spiro atoms. The maximum atomic E-state index is 12.7. The molecule has 168 valence electrons. The summed E-state index contributed by atoms with van der Waals surface area (Å²) in [5, 5.41) is 0. The largest absolute Gasteiger partial charge is 0.494 e. The first-order valence-corrected chi connectivity index (χ1v) is 10.2. The number of Topliss-reactive ketones (excluding diaryl/α,β-unsaturated/α-hetero) is 1.